The van der Waals surface area contributed by atoms with Crippen molar-refractivity contribution >= 4 is 11.9 Å². The zero-order valence-electron chi connectivity index (χ0n) is 13.1. The van der Waals surface area contributed by atoms with Gasteiger partial charge in [-0.3, -0.25) is 9.59 Å². The van der Waals surface area contributed by atoms with Crippen molar-refractivity contribution in [2.75, 3.05) is 6.61 Å². The molecule has 116 valence electrons. The van der Waals surface area contributed by atoms with E-state index in [1.54, 1.807) is 12.1 Å². The van der Waals surface area contributed by atoms with Gasteiger partial charge in [-0.15, -0.1) is 0 Å². The number of para-hydroxylation sites is 1. The van der Waals surface area contributed by atoms with E-state index in [2.05, 4.69) is 13.8 Å². The second kappa shape index (κ2) is 9.16. The van der Waals surface area contributed by atoms with Crippen LogP contribution in [0.5, 0.6) is 5.75 Å². The maximum absolute atomic E-state index is 11.7. The summed E-state index contributed by atoms with van der Waals surface area (Å²) < 4.78 is 10.3. The third-order valence-electron chi connectivity index (χ3n) is 3.04. The third-order valence-corrected chi connectivity index (χ3v) is 3.04. The highest BCUT2D eigenvalue weighted by molar-refractivity contribution is 5.79. The molecule has 1 rings (SSSR count). The molecule has 1 aromatic rings. The van der Waals surface area contributed by atoms with Crippen molar-refractivity contribution < 1.29 is 19.1 Å². The molecule has 0 unspecified atom stereocenters. The topological polar surface area (TPSA) is 52.6 Å². The van der Waals surface area contributed by atoms with E-state index in [1.165, 1.54) is 0 Å². The van der Waals surface area contributed by atoms with Crippen LogP contribution >= 0.6 is 0 Å². The molecular weight excluding hydrogens is 268 g/mol. The Balaban J connectivity index is 2.21. The molecule has 1 aromatic carbocycles. The van der Waals surface area contributed by atoms with Crippen molar-refractivity contribution in [3.8, 4) is 5.75 Å². The largest absolute Gasteiger partial charge is 0.466 e. The summed E-state index contributed by atoms with van der Waals surface area (Å²) in [5.74, 6) is 0.379. The molecule has 0 aliphatic rings. The molecule has 0 N–H and O–H groups in total. The average molecular weight is 292 g/mol. The highest BCUT2D eigenvalue weighted by Crippen LogP contribution is 2.17. The van der Waals surface area contributed by atoms with Gasteiger partial charge in [-0.05, 0) is 37.3 Å². The van der Waals surface area contributed by atoms with E-state index in [-0.39, 0.29) is 18.8 Å². The summed E-state index contributed by atoms with van der Waals surface area (Å²) in [6.07, 6.45) is 1.99. The number of esters is 2. The number of hydrogen-bond donors (Lipinski definition) is 0. The standard InChI is InChI=1S/C17H24O4/c1-13(2)7-6-12-20-16(18)10-11-17(19)21-15-9-5-4-8-14(15)3/h4-5,8-9,13H,6-7,10-12H2,1-3H3. The molecule has 0 radical (unpaired) electrons. The number of aryl methyl sites for hydroxylation is 1. The van der Waals surface area contributed by atoms with Crippen LogP contribution in [-0.2, 0) is 14.3 Å². The zero-order chi connectivity index (χ0) is 15.7. The van der Waals surface area contributed by atoms with Crippen LogP contribution in [0.2, 0.25) is 0 Å². The number of rotatable bonds is 8. The molecule has 0 aromatic heterocycles. The first kappa shape index (κ1) is 17.2. The molecule has 0 spiro atoms. The first-order chi connectivity index (χ1) is 9.99. The number of benzene rings is 1. The summed E-state index contributed by atoms with van der Waals surface area (Å²) in [6.45, 7) is 6.54. The lowest BCUT2D eigenvalue weighted by molar-refractivity contribution is -0.147. The normalized spacial score (nSPS) is 10.5. The summed E-state index contributed by atoms with van der Waals surface area (Å²) >= 11 is 0. The van der Waals surface area contributed by atoms with Crippen molar-refractivity contribution in [2.24, 2.45) is 5.92 Å². The molecule has 0 amide bonds. The fraction of sp³-hybridized carbons (Fsp3) is 0.529. The Morgan fingerprint density at radius 1 is 1.10 bits per heavy atom. The van der Waals surface area contributed by atoms with Gasteiger partial charge in [0.2, 0.25) is 0 Å². The van der Waals surface area contributed by atoms with Gasteiger partial charge < -0.3 is 9.47 Å². The molecule has 0 bridgehead atoms. The molecule has 4 nitrogen and oxygen atoms in total. The van der Waals surface area contributed by atoms with Gasteiger partial charge >= 0.3 is 11.9 Å². The minimum atomic E-state index is -0.413. The van der Waals surface area contributed by atoms with Crippen molar-refractivity contribution in [2.45, 2.75) is 46.5 Å². The van der Waals surface area contributed by atoms with Gasteiger partial charge in [-0.25, -0.2) is 0 Å². The molecule has 0 aliphatic carbocycles. The molecular formula is C17H24O4. The van der Waals surface area contributed by atoms with Crippen LogP contribution in [-0.4, -0.2) is 18.5 Å². The molecule has 0 saturated heterocycles. The highest BCUT2D eigenvalue weighted by Gasteiger charge is 2.11. The van der Waals surface area contributed by atoms with Gasteiger partial charge in [0.25, 0.3) is 0 Å². The molecule has 21 heavy (non-hydrogen) atoms. The Bertz CT molecular complexity index is 466. The van der Waals surface area contributed by atoms with Gasteiger partial charge in [0.05, 0.1) is 19.4 Å². The van der Waals surface area contributed by atoms with Gasteiger partial charge in [0.15, 0.2) is 0 Å². The van der Waals surface area contributed by atoms with Gasteiger partial charge in [-0.2, -0.15) is 0 Å². The molecule has 0 aliphatic heterocycles. The fourth-order valence-corrected chi connectivity index (χ4v) is 1.80. The third kappa shape index (κ3) is 7.49. The fourth-order valence-electron chi connectivity index (χ4n) is 1.80. The van der Waals surface area contributed by atoms with Crippen LogP contribution in [0, 0.1) is 12.8 Å². The van der Waals surface area contributed by atoms with Crippen LogP contribution in [0.3, 0.4) is 0 Å². The second-order valence-electron chi connectivity index (χ2n) is 5.50. The van der Waals surface area contributed by atoms with E-state index in [0.717, 1.165) is 18.4 Å². The molecule has 0 fully saturated rings. The monoisotopic (exact) mass is 292 g/mol. The molecule has 0 heterocycles. The van der Waals surface area contributed by atoms with Gasteiger partial charge in [-0.1, -0.05) is 32.0 Å². The van der Waals surface area contributed by atoms with Crippen molar-refractivity contribution in [1.29, 1.82) is 0 Å². The van der Waals surface area contributed by atoms with Crippen LogP contribution in [0.15, 0.2) is 24.3 Å². The number of carbonyl (C=O) groups is 2. The SMILES string of the molecule is Cc1ccccc1OC(=O)CCC(=O)OCCCC(C)C. The smallest absolute Gasteiger partial charge is 0.311 e. The van der Waals surface area contributed by atoms with Crippen LogP contribution in [0.1, 0.15) is 45.1 Å². The summed E-state index contributed by atoms with van der Waals surface area (Å²) in [5.41, 5.74) is 0.891. The first-order valence-corrected chi connectivity index (χ1v) is 7.41. The molecule has 0 atom stereocenters. The minimum Gasteiger partial charge on any atom is -0.466 e. The van der Waals surface area contributed by atoms with Crippen LogP contribution in [0.25, 0.3) is 0 Å². The summed E-state index contributed by atoms with van der Waals surface area (Å²) in [6, 6.07) is 7.28. The Morgan fingerprint density at radius 2 is 1.76 bits per heavy atom. The van der Waals surface area contributed by atoms with E-state index in [4.69, 9.17) is 9.47 Å². The van der Waals surface area contributed by atoms with E-state index in [0.29, 0.717) is 18.3 Å². The van der Waals surface area contributed by atoms with Crippen LogP contribution in [0.4, 0.5) is 0 Å². The van der Waals surface area contributed by atoms with E-state index < -0.39 is 5.97 Å². The molecule has 0 saturated carbocycles. The Labute approximate surface area is 126 Å². The van der Waals surface area contributed by atoms with Crippen molar-refractivity contribution in [3.05, 3.63) is 29.8 Å². The predicted molar refractivity (Wildman–Crippen MR) is 81.1 cm³/mol. The number of ether oxygens (including phenoxy) is 2. The Hall–Kier alpha value is -1.84. The van der Waals surface area contributed by atoms with Gasteiger partial charge in [0.1, 0.15) is 5.75 Å². The average Bonchev–Trinajstić information content (AvgIpc) is 2.44. The Morgan fingerprint density at radius 3 is 2.43 bits per heavy atom. The lowest BCUT2D eigenvalue weighted by Crippen LogP contribution is -2.13. The maximum Gasteiger partial charge on any atom is 0.311 e. The van der Waals surface area contributed by atoms with Crippen molar-refractivity contribution in [3.63, 3.8) is 0 Å². The van der Waals surface area contributed by atoms with E-state index in [1.807, 2.05) is 19.1 Å². The quantitative estimate of drug-likeness (QED) is 0.417. The summed E-state index contributed by atoms with van der Waals surface area (Å²) in [5, 5.41) is 0. The summed E-state index contributed by atoms with van der Waals surface area (Å²) in [7, 11) is 0. The summed E-state index contributed by atoms with van der Waals surface area (Å²) in [4.78, 5) is 23.1. The second-order valence-corrected chi connectivity index (χ2v) is 5.50. The van der Waals surface area contributed by atoms with E-state index in [9.17, 15) is 9.59 Å². The van der Waals surface area contributed by atoms with Crippen LogP contribution < -0.4 is 4.74 Å². The van der Waals surface area contributed by atoms with Crippen molar-refractivity contribution in [1.82, 2.24) is 0 Å². The minimum absolute atomic E-state index is 0.0390. The molecule has 4 heteroatoms. The maximum atomic E-state index is 11.7. The lowest BCUT2D eigenvalue weighted by Gasteiger charge is -2.08. The number of carbonyl (C=O) groups excluding carboxylic acids is 2. The lowest BCUT2D eigenvalue weighted by atomic mass is 10.1. The zero-order valence-corrected chi connectivity index (χ0v) is 13.1. The van der Waals surface area contributed by atoms with Gasteiger partial charge in [0, 0.05) is 0 Å². The number of hydrogen-bond acceptors (Lipinski definition) is 4. The first-order valence-electron chi connectivity index (χ1n) is 7.41. The Kier molecular flexibility index (Phi) is 7.51. The highest BCUT2D eigenvalue weighted by atomic mass is 16.5. The van der Waals surface area contributed by atoms with E-state index >= 15 is 0 Å². The predicted octanol–water partition coefficient (Wildman–Crippen LogP) is 3.66.